The predicted molar refractivity (Wildman–Crippen MR) is 100 cm³/mol. The molecular weight excluding hydrogens is 364 g/mol. The Morgan fingerprint density at radius 2 is 2.19 bits per heavy atom. The zero-order valence-corrected chi connectivity index (χ0v) is 15.8. The minimum Gasteiger partial charge on any atom is -0.468 e. The standard InChI is InChI=1S/C19H18N4O3S/c1-11-4-3-5-12(6-11)13-7-15-14(16(24)8-13)9-23-18(20-15)21-19(22-23)27-10-17(25)26-2/h3-6,9,13H,7-8,10H2,1-2H3. The lowest BCUT2D eigenvalue weighted by Gasteiger charge is -2.23. The molecule has 4 rings (SSSR count). The highest BCUT2D eigenvalue weighted by Crippen LogP contribution is 2.32. The second-order valence-corrected chi connectivity index (χ2v) is 7.49. The largest absolute Gasteiger partial charge is 0.468 e. The van der Waals surface area contributed by atoms with E-state index in [0.717, 1.165) is 11.3 Å². The molecule has 0 N–H and O–H groups in total. The Kier molecular flexibility index (Phi) is 4.65. The van der Waals surface area contributed by atoms with E-state index in [1.54, 1.807) is 6.20 Å². The summed E-state index contributed by atoms with van der Waals surface area (Å²) in [5.74, 6) is 0.398. The van der Waals surface area contributed by atoms with Crippen molar-refractivity contribution in [3.05, 3.63) is 52.8 Å². The third kappa shape index (κ3) is 3.57. The minimum absolute atomic E-state index is 0.0661. The number of carbonyl (C=O) groups excluding carboxylic acids is 2. The molecule has 0 amide bonds. The number of esters is 1. The highest BCUT2D eigenvalue weighted by molar-refractivity contribution is 7.99. The first kappa shape index (κ1) is 17.7. The van der Waals surface area contributed by atoms with E-state index in [9.17, 15) is 9.59 Å². The van der Waals surface area contributed by atoms with Gasteiger partial charge in [-0.2, -0.15) is 4.98 Å². The number of benzene rings is 1. The van der Waals surface area contributed by atoms with E-state index in [1.807, 2.05) is 19.1 Å². The van der Waals surface area contributed by atoms with Crippen LogP contribution in [0.4, 0.5) is 0 Å². The van der Waals surface area contributed by atoms with Gasteiger partial charge in [0.2, 0.25) is 5.16 Å². The monoisotopic (exact) mass is 382 g/mol. The summed E-state index contributed by atoms with van der Waals surface area (Å²) < 4.78 is 6.12. The molecule has 27 heavy (non-hydrogen) atoms. The first-order valence-electron chi connectivity index (χ1n) is 8.59. The van der Waals surface area contributed by atoms with E-state index in [4.69, 9.17) is 0 Å². The van der Waals surface area contributed by atoms with Crippen molar-refractivity contribution < 1.29 is 14.3 Å². The van der Waals surface area contributed by atoms with Gasteiger partial charge in [-0.25, -0.2) is 9.50 Å². The first-order chi connectivity index (χ1) is 13.0. The zero-order chi connectivity index (χ0) is 19.0. The molecule has 3 aromatic rings. The van der Waals surface area contributed by atoms with Crippen LogP contribution >= 0.6 is 11.8 Å². The van der Waals surface area contributed by atoms with Crippen LogP contribution in [0.1, 0.15) is 39.5 Å². The van der Waals surface area contributed by atoms with Crippen LogP contribution in [0.2, 0.25) is 0 Å². The number of ketones is 1. The molecule has 0 aliphatic heterocycles. The molecule has 1 aliphatic rings. The van der Waals surface area contributed by atoms with Gasteiger partial charge in [-0.3, -0.25) is 9.59 Å². The van der Waals surface area contributed by atoms with E-state index in [2.05, 4.69) is 31.9 Å². The molecular formula is C19H18N4O3S. The quantitative estimate of drug-likeness (QED) is 0.506. The number of aryl methyl sites for hydroxylation is 1. The number of carbonyl (C=O) groups is 2. The van der Waals surface area contributed by atoms with Crippen LogP contribution in [0.3, 0.4) is 0 Å². The lowest BCUT2D eigenvalue weighted by Crippen LogP contribution is -2.21. The number of methoxy groups -OCH3 is 1. The Hall–Kier alpha value is -2.74. The number of hydrogen-bond acceptors (Lipinski definition) is 7. The van der Waals surface area contributed by atoms with Crippen LogP contribution in [-0.4, -0.2) is 44.2 Å². The molecule has 1 aliphatic carbocycles. The van der Waals surface area contributed by atoms with Crippen molar-refractivity contribution >= 4 is 29.3 Å². The third-order valence-electron chi connectivity index (χ3n) is 4.62. The van der Waals surface area contributed by atoms with E-state index in [0.29, 0.717) is 29.3 Å². The van der Waals surface area contributed by atoms with Crippen LogP contribution in [0.25, 0.3) is 5.78 Å². The Balaban J connectivity index is 1.63. The number of nitrogens with zero attached hydrogens (tertiary/aromatic N) is 4. The van der Waals surface area contributed by atoms with E-state index >= 15 is 0 Å². The Morgan fingerprint density at radius 1 is 1.33 bits per heavy atom. The van der Waals surface area contributed by atoms with Crippen LogP contribution in [0, 0.1) is 6.92 Å². The topological polar surface area (TPSA) is 86.4 Å². The van der Waals surface area contributed by atoms with Gasteiger partial charge in [-0.1, -0.05) is 41.6 Å². The number of ether oxygens (including phenoxy) is 1. The van der Waals surface area contributed by atoms with E-state index in [-0.39, 0.29) is 23.4 Å². The summed E-state index contributed by atoms with van der Waals surface area (Å²) in [6.45, 7) is 2.05. The molecule has 0 bridgehead atoms. The molecule has 0 fully saturated rings. The number of rotatable bonds is 4. The molecule has 138 valence electrons. The van der Waals surface area contributed by atoms with Gasteiger partial charge in [0.25, 0.3) is 5.78 Å². The molecule has 7 nitrogen and oxygen atoms in total. The van der Waals surface area contributed by atoms with Gasteiger partial charge >= 0.3 is 5.97 Å². The van der Waals surface area contributed by atoms with Crippen LogP contribution in [0.5, 0.6) is 0 Å². The number of aromatic nitrogens is 4. The highest BCUT2D eigenvalue weighted by Gasteiger charge is 2.28. The highest BCUT2D eigenvalue weighted by atomic mass is 32.2. The van der Waals surface area contributed by atoms with Crippen molar-refractivity contribution in [2.45, 2.75) is 30.8 Å². The minimum atomic E-state index is -0.345. The van der Waals surface area contributed by atoms with Gasteiger partial charge < -0.3 is 4.74 Å². The van der Waals surface area contributed by atoms with Gasteiger partial charge in [0.05, 0.1) is 24.1 Å². The van der Waals surface area contributed by atoms with Gasteiger partial charge in [0, 0.05) is 12.6 Å². The molecule has 1 aromatic carbocycles. The maximum atomic E-state index is 12.7. The average Bonchev–Trinajstić information content (AvgIpc) is 3.06. The molecule has 0 spiro atoms. The third-order valence-corrected chi connectivity index (χ3v) is 5.43. The summed E-state index contributed by atoms with van der Waals surface area (Å²) in [7, 11) is 1.34. The lowest BCUT2D eigenvalue weighted by atomic mass is 9.82. The molecule has 2 aromatic heterocycles. The summed E-state index contributed by atoms with van der Waals surface area (Å²) in [5, 5.41) is 4.72. The number of Topliss-reactive ketones (excluding diaryl/α,β-unsaturated/α-hetero) is 1. The number of thioether (sulfide) groups is 1. The molecule has 8 heteroatoms. The fourth-order valence-electron chi connectivity index (χ4n) is 3.27. The fraction of sp³-hybridized carbons (Fsp3) is 0.316. The van der Waals surface area contributed by atoms with Crippen molar-refractivity contribution in [3.63, 3.8) is 0 Å². The summed E-state index contributed by atoms with van der Waals surface area (Å²) in [5.41, 5.74) is 3.69. The summed E-state index contributed by atoms with van der Waals surface area (Å²) in [6.07, 6.45) is 2.85. The summed E-state index contributed by atoms with van der Waals surface area (Å²) >= 11 is 1.18. The fourth-order valence-corrected chi connectivity index (χ4v) is 3.92. The maximum absolute atomic E-state index is 12.7. The Labute approximate surface area is 160 Å². The predicted octanol–water partition coefficient (Wildman–Crippen LogP) is 2.61. The van der Waals surface area contributed by atoms with E-state index < -0.39 is 0 Å². The van der Waals surface area contributed by atoms with Crippen molar-refractivity contribution in [2.75, 3.05) is 12.9 Å². The van der Waals surface area contributed by atoms with Crippen molar-refractivity contribution in [1.29, 1.82) is 0 Å². The van der Waals surface area contributed by atoms with Crippen LogP contribution < -0.4 is 0 Å². The van der Waals surface area contributed by atoms with Crippen molar-refractivity contribution in [1.82, 2.24) is 19.6 Å². The molecule has 0 saturated heterocycles. The molecule has 2 heterocycles. The second-order valence-electron chi connectivity index (χ2n) is 6.55. The van der Waals surface area contributed by atoms with Crippen molar-refractivity contribution in [3.8, 4) is 0 Å². The van der Waals surface area contributed by atoms with Crippen LogP contribution in [0.15, 0.2) is 35.6 Å². The van der Waals surface area contributed by atoms with Crippen LogP contribution in [-0.2, 0) is 16.0 Å². The second kappa shape index (κ2) is 7.11. The first-order valence-corrected chi connectivity index (χ1v) is 9.57. The zero-order valence-electron chi connectivity index (χ0n) is 15.0. The van der Waals surface area contributed by atoms with Crippen molar-refractivity contribution in [2.24, 2.45) is 0 Å². The van der Waals surface area contributed by atoms with Gasteiger partial charge in [0.15, 0.2) is 5.78 Å². The number of fused-ring (bicyclic) bond motifs is 2. The summed E-state index contributed by atoms with van der Waals surface area (Å²) in [6, 6.07) is 8.26. The molecule has 0 saturated carbocycles. The average molecular weight is 382 g/mol. The van der Waals surface area contributed by atoms with E-state index in [1.165, 1.54) is 29.0 Å². The SMILES string of the molecule is COC(=O)CSc1nc2nc3c(cn2n1)C(=O)CC(c1cccc(C)c1)C3. The van der Waals surface area contributed by atoms with Gasteiger partial charge in [-0.05, 0) is 24.8 Å². The number of hydrogen-bond donors (Lipinski definition) is 0. The normalized spacial score (nSPS) is 16.4. The molecule has 0 radical (unpaired) electrons. The summed E-state index contributed by atoms with van der Waals surface area (Å²) in [4.78, 5) is 32.9. The van der Waals surface area contributed by atoms with Gasteiger partial charge in [-0.15, -0.1) is 5.10 Å². The smallest absolute Gasteiger partial charge is 0.316 e. The maximum Gasteiger partial charge on any atom is 0.316 e. The molecule has 1 atom stereocenters. The molecule has 1 unspecified atom stereocenters. The Morgan fingerprint density at radius 3 is 2.96 bits per heavy atom. The van der Waals surface area contributed by atoms with Gasteiger partial charge in [0.1, 0.15) is 0 Å². The lowest BCUT2D eigenvalue weighted by molar-refractivity contribution is -0.137. The Bertz CT molecular complexity index is 1050.